The summed E-state index contributed by atoms with van der Waals surface area (Å²) in [5.41, 5.74) is 6.96. The molecule has 0 unspecified atom stereocenters. The number of benzene rings is 3. The summed E-state index contributed by atoms with van der Waals surface area (Å²) in [6.07, 6.45) is 0. The van der Waals surface area contributed by atoms with Crippen LogP contribution in [-0.4, -0.2) is 12.1 Å². The number of H-pyrrole nitrogens is 1. The minimum absolute atomic E-state index is 0.643. The second-order valence-electron chi connectivity index (χ2n) is 6.47. The van der Waals surface area contributed by atoms with Gasteiger partial charge in [0.1, 0.15) is 5.75 Å². The van der Waals surface area contributed by atoms with Crippen LogP contribution in [-0.2, 0) is 0 Å². The smallest absolute Gasteiger partial charge is 0.120 e. The summed E-state index contributed by atoms with van der Waals surface area (Å²) in [5.74, 6) is 0.735. The average Bonchev–Trinajstić information content (AvgIpc) is 3.10. The third kappa shape index (κ3) is 3.16. The first-order chi connectivity index (χ1) is 13.1. The highest BCUT2D eigenvalue weighted by Crippen LogP contribution is 2.34. The van der Waals surface area contributed by atoms with E-state index in [0.717, 1.165) is 44.6 Å². The van der Waals surface area contributed by atoms with Crippen LogP contribution in [0, 0.1) is 18.3 Å². The van der Waals surface area contributed by atoms with Crippen LogP contribution in [0.3, 0.4) is 0 Å². The van der Waals surface area contributed by atoms with Crippen molar-refractivity contribution in [2.24, 2.45) is 0 Å². The zero-order chi connectivity index (χ0) is 19.0. The zero-order valence-electron chi connectivity index (χ0n) is 15.0. The molecule has 27 heavy (non-hydrogen) atoms. The van der Waals surface area contributed by atoms with Gasteiger partial charge in [-0.25, -0.2) is 0 Å². The van der Waals surface area contributed by atoms with Gasteiger partial charge in [0.2, 0.25) is 0 Å². The number of fused-ring (bicyclic) bond motifs is 1. The number of methoxy groups -OCH3 is 1. The Labute approximate surface area is 162 Å². The Morgan fingerprint density at radius 1 is 0.963 bits per heavy atom. The molecule has 4 heteroatoms. The topological polar surface area (TPSA) is 48.8 Å². The highest BCUT2D eigenvalue weighted by Gasteiger charge is 2.10. The molecule has 3 nitrogen and oxygen atoms in total. The summed E-state index contributed by atoms with van der Waals surface area (Å²) in [7, 11) is 1.63. The number of hydrogen-bond donors (Lipinski definition) is 1. The lowest BCUT2D eigenvalue weighted by atomic mass is 9.98. The van der Waals surface area contributed by atoms with Crippen molar-refractivity contribution >= 4 is 22.5 Å². The summed E-state index contributed by atoms with van der Waals surface area (Å²) in [4.78, 5) is 3.43. The minimum Gasteiger partial charge on any atom is -0.497 e. The summed E-state index contributed by atoms with van der Waals surface area (Å²) in [6.45, 7) is 2.03. The standard InChI is InChI=1S/C23H17ClN2O/c1-14-9-15(13-25)3-6-19(14)16-4-8-22-17(10-16)11-23(26-22)20-7-5-18(27-2)12-21(20)24/h3-12,26H,1-2H3. The van der Waals surface area contributed by atoms with E-state index in [1.54, 1.807) is 7.11 Å². The lowest BCUT2D eigenvalue weighted by Gasteiger charge is -2.06. The molecule has 0 fully saturated rings. The maximum Gasteiger partial charge on any atom is 0.120 e. The molecule has 0 aliphatic rings. The van der Waals surface area contributed by atoms with Crippen LogP contribution >= 0.6 is 11.6 Å². The fraction of sp³-hybridized carbons (Fsp3) is 0.0870. The van der Waals surface area contributed by atoms with Crippen LogP contribution in [0.2, 0.25) is 5.02 Å². The largest absolute Gasteiger partial charge is 0.497 e. The Morgan fingerprint density at radius 3 is 2.48 bits per heavy atom. The van der Waals surface area contributed by atoms with Gasteiger partial charge in [-0.05, 0) is 72.1 Å². The maximum absolute atomic E-state index is 9.06. The summed E-state index contributed by atoms with van der Waals surface area (Å²) in [6, 6.07) is 22.0. The highest BCUT2D eigenvalue weighted by atomic mass is 35.5. The molecule has 132 valence electrons. The summed E-state index contributed by atoms with van der Waals surface area (Å²) < 4.78 is 5.22. The molecule has 0 saturated carbocycles. The van der Waals surface area contributed by atoms with E-state index in [2.05, 4.69) is 35.3 Å². The first kappa shape index (κ1) is 17.2. The lowest BCUT2D eigenvalue weighted by Crippen LogP contribution is -1.85. The van der Waals surface area contributed by atoms with Gasteiger partial charge in [-0.15, -0.1) is 0 Å². The molecule has 0 spiro atoms. The normalized spacial score (nSPS) is 10.7. The third-order valence-electron chi connectivity index (χ3n) is 4.75. The quantitative estimate of drug-likeness (QED) is 0.456. The number of ether oxygens (including phenoxy) is 1. The molecule has 0 atom stereocenters. The van der Waals surface area contributed by atoms with Crippen LogP contribution < -0.4 is 4.74 Å². The van der Waals surface area contributed by atoms with Crippen LogP contribution in [0.15, 0.2) is 60.7 Å². The minimum atomic E-state index is 0.643. The fourth-order valence-corrected chi connectivity index (χ4v) is 3.62. The van der Waals surface area contributed by atoms with Gasteiger partial charge in [0.25, 0.3) is 0 Å². The van der Waals surface area contributed by atoms with Gasteiger partial charge in [-0.3, -0.25) is 0 Å². The van der Waals surface area contributed by atoms with E-state index in [4.69, 9.17) is 21.6 Å². The number of nitriles is 1. The number of nitrogens with zero attached hydrogens (tertiary/aromatic N) is 1. The van der Waals surface area contributed by atoms with E-state index in [-0.39, 0.29) is 0 Å². The van der Waals surface area contributed by atoms with Crippen molar-refractivity contribution in [2.45, 2.75) is 6.92 Å². The molecule has 0 bridgehead atoms. The molecule has 4 aromatic rings. The van der Waals surface area contributed by atoms with Gasteiger partial charge in [0.05, 0.1) is 23.8 Å². The number of aromatic amines is 1. The van der Waals surface area contributed by atoms with Crippen LogP contribution in [0.1, 0.15) is 11.1 Å². The van der Waals surface area contributed by atoms with Crippen LogP contribution in [0.4, 0.5) is 0 Å². The fourth-order valence-electron chi connectivity index (χ4n) is 3.34. The first-order valence-electron chi connectivity index (χ1n) is 8.57. The van der Waals surface area contributed by atoms with E-state index in [1.807, 2.05) is 43.3 Å². The van der Waals surface area contributed by atoms with E-state index in [9.17, 15) is 0 Å². The second kappa shape index (κ2) is 6.83. The first-order valence-corrected chi connectivity index (χ1v) is 8.94. The predicted octanol–water partition coefficient (Wildman–Crippen LogP) is 6.34. The van der Waals surface area contributed by atoms with E-state index in [0.29, 0.717) is 10.6 Å². The van der Waals surface area contributed by atoms with Gasteiger partial charge in [0.15, 0.2) is 0 Å². The van der Waals surface area contributed by atoms with E-state index in [1.165, 1.54) is 0 Å². The molecule has 0 saturated heterocycles. The maximum atomic E-state index is 9.06. The molecule has 1 aromatic heterocycles. The number of halogens is 1. The molecule has 4 rings (SSSR count). The van der Waals surface area contributed by atoms with Crippen LogP contribution in [0.25, 0.3) is 33.3 Å². The van der Waals surface area contributed by atoms with Crippen molar-refractivity contribution in [1.29, 1.82) is 5.26 Å². The van der Waals surface area contributed by atoms with Gasteiger partial charge in [0, 0.05) is 22.2 Å². The molecule has 0 aliphatic heterocycles. The molecule has 3 aromatic carbocycles. The molecular formula is C23H17ClN2O. The Bertz CT molecular complexity index is 1200. The number of nitrogens with one attached hydrogen (secondary N) is 1. The Morgan fingerprint density at radius 2 is 1.78 bits per heavy atom. The molecular weight excluding hydrogens is 356 g/mol. The SMILES string of the molecule is COc1ccc(-c2cc3cc(-c4ccc(C#N)cc4C)ccc3[nH]2)c(Cl)c1. The average molecular weight is 373 g/mol. The van der Waals surface area contributed by atoms with Crippen molar-refractivity contribution < 1.29 is 4.74 Å². The number of hydrogen-bond acceptors (Lipinski definition) is 2. The van der Waals surface area contributed by atoms with Gasteiger partial charge < -0.3 is 9.72 Å². The zero-order valence-corrected chi connectivity index (χ0v) is 15.8. The van der Waals surface area contributed by atoms with Crippen molar-refractivity contribution in [1.82, 2.24) is 4.98 Å². The van der Waals surface area contributed by atoms with Crippen molar-refractivity contribution in [2.75, 3.05) is 7.11 Å². The predicted molar refractivity (Wildman–Crippen MR) is 110 cm³/mol. The number of aryl methyl sites for hydroxylation is 1. The lowest BCUT2D eigenvalue weighted by molar-refractivity contribution is 0.415. The van der Waals surface area contributed by atoms with E-state index >= 15 is 0 Å². The molecule has 0 aliphatic carbocycles. The molecule has 1 heterocycles. The monoisotopic (exact) mass is 372 g/mol. The van der Waals surface area contributed by atoms with Gasteiger partial charge >= 0.3 is 0 Å². The Kier molecular flexibility index (Phi) is 4.35. The molecule has 0 radical (unpaired) electrons. The van der Waals surface area contributed by atoms with Crippen molar-refractivity contribution in [3.63, 3.8) is 0 Å². The van der Waals surface area contributed by atoms with Crippen LogP contribution in [0.5, 0.6) is 5.75 Å². The second-order valence-corrected chi connectivity index (χ2v) is 6.88. The highest BCUT2D eigenvalue weighted by molar-refractivity contribution is 6.33. The summed E-state index contributed by atoms with van der Waals surface area (Å²) >= 11 is 6.42. The van der Waals surface area contributed by atoms with Crippen molar-refractivity contribution in [3.8, 4) is 34.2 Å². The number of aromatic nitrogens is 1. The molecule has 1 N–H and O–H groups in total. The Balaban J connectivity index is 1.78. The number of rotatable bonds is 3. The van der Waals surface area contributed by atoms with E-state index < -0.39 is 0 Å². The third-order valence-corrected chi connectivity index (χ3v) is 5.07. The van der Waals surface area contributed by atoms with Gasteiger partial charge in [-0.2, -0.15) is 5.26 Å². The van der Waals surface area contributed by atoms with Crippen molar-refractivity contribution in [3.05, 3.63) is 76.8 Å². The Hall–Kier alpha value is -3.22. The van der Waals surface area contributed by atoms with Gasteiger partial charge in [-0.1, -0.05) is 23.7 Å². The summed E-state index contributed by atoms with van der Waals surface area (Å²) in [5, 5.41) is 10.8. The molecule has 0 amide bonds.